The molecule has 7 nitrogen and oxygen atoms in total. The number of nitrogens with zero attached hydrogens (tertiary/aromatic N) is 2. The fraction of sp³-hybridized carbons (Fsp3) is 0.400. The smallest absolute Gasteiger partial charge is 0.259 e. The van der Waals surface area contributed by atoms with Crippen molar-refractivity contribution in [3.05, 3.63) is 23.8 Å². The Hall–Kier alpha value is -2.35. The largest absolute Gasteiger partial charge is 0.490 e. The molecule has 23 heavy (non-hydrogen) atoms. The molecule has 0 aliphatic carbocycles. The summed E-state index contributed by atoms with van der Waals surface area (Å²) in [6.45, 7) is 2.32. The molecule has 1 rings (SSSR count). The molecule has 0 aliphatic rings. The second kappa shape index (κ2) is 9.62. The second-order valence-electron chi connectivity index (χ2n) is 4.67. The van der Waals surface area contributed by atoms with E-state index in [-0.39, 0.29) is 12.5 Å². The van der Waals surface area contributed by atoms with E-state index in [2.05, 4.69) is 15.8 Å². The predicted molar refractivity (Wildman–Crippen MR) is 94.2 cm³/mol. The van der Waals surface area contributed by atoms with Gasteiger partial charge in [0, 0.05) is 21.1 Å². The Kier molecular flexibility index (Phi) is 7.82. The van der Waals surface area contributed by atoms with Crippen molar-refractivity contribution in [2.45, 2.75) is 6.92 Å². The third-order valence-electron chi connectivity index (χ3n) is 2.72. The number of carbonyl (C=O) groups excluding carboxylic acids is 1. The Morgan fingerprint density at radius 3 is 2.70 bits per heavy atom. The predicted octanol–water partition coefficient (Wildman–Crippen LogP) is 0.980. The Labute approximate surface area is 141 Å². The number of hydrogen-bond acceptors (Lipinski definition) is 5. The summed E-state index contributed by atoms with van der Waals surface area (Å²) in [5.74, 6) is 0.944. The van der Waals surface area contributed by atoms with Crippen LogP contribution in [0.25, 0.3) is 0 Å². The Morgan fingerprint density at radius 2 is 2.09 bits per heavy atom. The second-order valence-corrected chi connectivity index (χ2v) is 5.07. The van der Waals surface area contributed by atoms with E-state index in [1.807, 2.05) is 13.0 Å². The molecule has 0 fully saturated rings. The molecule has 126 valence electrons. The van der Waals surface area contributed by atoms with Crippen molar-refractivity contribution in [3.63, 3.8) is 0 Å². The third kappa shape index (κ3) is 6.52. The molecule has 0 heterocycles. The molecule has 0 radical (unpaired) electrons. The number of carbonyl (C=O) groups is 1. The van der Waals surface area contributed by atoms with E-state index in [0.29, 0.717) is 23.2 Å². The van der Waals surface area contributed by atoms with Crippen molar-refractivity contribution in [2.75, 3.05) is 34.4 Å². The van der Waals surface area contributed by atoms with Gasteiger partial charge in [-0.05, 0) is 42.9 Å². The zero-order chi connectivity index (χ0) is 17.2. The van der Waals surface area contributed by atoms with Crippen molar-refractivity contribution in [3.8, 4) is 11.5 Å². The molecular formula is C15H22N4O3S. The van der Waals surface area contributed by atoms with Crippen LogP contribution < -0.4 is 20.2 Å². The third-order valence-corrected chi connectivity index (χ3v) is 3.02. The number of nitrogens with one attached hydrogen (secondary N) is 2. The first-order valence-corrected chi connectivity index (χ1v) is 7.49. The first-order chi connectivity index (χ1) is 11.0. The highest BCUT2D eigenvalue weighted by Crippen LogP contribution is 2.28. The summed E-state index contributed by atoms with van der Waals surface area (Å²) in [5, 5.41) is 7.18. The minimum atomic E-state index is -0.122. The van der Waals surface area contributed by atoms with E-state index in [0.717, 1.165) is 5.56 Å². The summed E-state index contributed by atoms with van der Waals surface area (Å²) >= 11 is 4.92. The first-order valence-electron chi connectivity index (χ1n) is 7.08. The van der Waals surface area contributed by atoms with E-state index in [4.69, 9.17) is 21.7 Å². The number of thiocarbonyl (C=S) groups is 1. The summed E-state index contributed by atoms with van der Waals surface area (Å²) in [5.41, 5.74) is 3.48. The van der Waals surface area contributed by atoms with E-state index in [1.165, 1.54) is 4.90 Å². The Balaban J connectivity index is 2.80. The van der Waals surface area contributed by atoms with Crippen LogP contribution in [0.15, 0.2) is 23.3 Å². The number of hydrazone groups is 1. The average Bonchev–Trinajstić information content (AvgIpc) is 2.53. The van der Waals surface area contributed by atoms with Crippen LogP contribution in [0, 0.1) is 0 Å². The number of ether oxygens (including phenoxy) is 2. The number of amides is 1. The van der Waals surface area contributed by atoms with E-state index >= 15 is 0 Å². The maximum absolute atomic E-state index is 11.6. The molecule has 0 saturated carbocycles. The van der Waals surface area contributed by atoms with Gasteiger partial charge in [-0.25, -0.2) is 0 Å². The van der Waals surface area contributed by atoms with Gasteiger partial charge in [0.15, 0.2) is 23.2 Å². The fourth-order valence-corrected chi connectivity index (χ4v) is 1.54. The van der Waals surface area contributed by atoms with Crippen LogP contribution in [-0.4, -0.2) is 56.5 Å². The van der Waals surface area contributed by atoms with Gasteiger partial charge in [-0.1, -0.05) is 0 Å². The van der Waals surface area contributed by atoms with Gasteiger partial charge >= 0.3 is 0 Å². The molecule has 1 amide bonds. The molecule has 2 N–H and O–H groups in total. The lowest BCUT2D eigenvalue weighted by Gasteiger charge is -2.14. The molecule has 0 unspecified atom stereocenters. The molecule has 8 heteroatoms. The zero-order valence-electron chi connectivity index (χ0n) is 13.8. The highest BCUT2D eigenvalue weighted by molar-refractivity contribution is 7.80. The fourth-order valence-electron chi connectivity index (χ4n) is 1.48. The minimum absolute atomic E-state index is 0.0431. The Bertz CT molecular complexity index is 576. The summed E-state index contributed by atoms with van der Waals surface area (Å²) in [4.78, 5) is 13.1. The Morgan fingerprint density at radius 1 is 1.35 bits per heavy atom. The number of benzene rings is 1. The lowest BCUT2D eigenvalue weighted by atomic mass is 10.2. The van der Waals surface area contributed by atoms with Crippen LogP contribution in [0.1, 0.15) is 12.5 Å². The lowest BCUT2D eigenvalue weighted by Crippen LogP contribution is -2.28. The van der Waals surface area contributed by atoms with Gasteiger partial charge < -0.3 is 19.7 Å². The summed E-state index contributed by atoms with van der Waals surface area (Å²) in [7, 11) is 5.06. The van der Waals surface area contributed by atoms with Gasteiger partial charge in [-0.3, -0.25) is 10.2 Å². The topological polar surface area (TPSA) is 75.2 Å². The highest BCUT2D eigenvalue weighted by Gasteiger charge is 2.10. The van der Waals surface area contributed by atoms with Gasteiger partial charge in [0.2, 0.25) is 0 Å². The van der Waals surface area contributed by atoms with E-state index in [9.17, 15) is 4.79 Å². The van der Waals surface area contributed by atoms with Crippen LogP contribution in [0.3, 0.4) is 0 Å². The summed E-state index contributed by atoms with van der Waals surface area (Å²) < 4.78 is 11.1. The molecule has 1 aromatic rings. The summed E-state index contributed by atoms with van der Waals surface area (Å²) in [6, 6.07) is 5.34. The van der Waals surface area contributed by atoms with Crippen molar-refractivity contribution < 1.29 is 14.3 Å². The first kappa shape index (κ1) is 18.7. The lowest BCUT2D eigenvalue weighted by molar-refractivity contribution is -0.130. The normalized spacial score (nSPS) is 10.3. The highest BCUT2D eigenvalue weighted by atomic mass is 32.1. The van der Waals surface area contributed by atoms with E-state index in [1.54, 1.807) is 39.5 Å². The van der Waals surface area contributed by atoms with Crippen LogP contribution in [0.2, 0.25) is 0 Å². The number of likely N-dealkylation sites (N-methyl/N-ethyl adjacent to an activating group) is 1. The molecule has 0 atom stereocenters. The van der Waals surface area contributed by atoms with Crippen LogP contribution in [-0.2, 0) is 4.79 Å². The van der Waals surface area contributed by atoms with Crippen molar-refractivity contribution in [1.82, 2.24) is 15.6 Å². The van der Waals surface area contributed by atoms with Gasteiger partial charge in [-0.15, -0.1) is 0 Å². The maximum Gasteiger partial charge on any atom is 0.259 e. The van der Waals surface area contributed by atoms with Crippen LogP contribution >= 0.6 is 12.2 Å². The van der Waals surface area contributed by atoms with Gasteiger partial charge in [0.05, 0.1) is 12.8 Å². The van der Waals surface area contributed by atoms with E-state index < -0.39 is 0 Å². The SMILES string of the molecule is CCOc1cc(/C=N/NC(=S)NC)ccc1OCC(=O)N(C)C. The zero-order valence-corrected chi connectivity index (χ0v) is 14.6. The number of rotatable bonds is 7. The standard InChI is InChI=1S/C15H22N4O3S/c1-5-21-13-8-11(9-17-18-15(23)16-2)6-7-12(13)22-10-14(20)19(3)4/h6-9H,5,10H2,1-4H3,(H2,16,18,23)/b17-9+. The summed E-state index contributed by atoms with van der Waals surface area (Å²) in [6.07, 6.45) is 1.61. The maximum atomic E-state index is 11.6. The van der Waals surface area contributed by atoms with Crippen molar-refractivity contribution >= 4 is 29.5 Å². The number of hydrogen-bond donors (Lipinski definition) is 2. The van der Waals surface area contributed by atoms with Gasteiger partial charge in [0.1, 0.15) is 0 Å². The van der Waals surface area contributed by atoms with Crippen LogP contribution in [0.4, 0.5) is 0 Å². The minimum Gasteiger partial charge on any atom is -0.490 e. The van der Waals surface area contributed by atoms with Crippen molar-refractivity contribution in [2.24, 2.45) is 5.10 Å². The molecule has 0 aromatic heterocycles. The van der Waals surface area contributed by atoms with Crippen LogP contribution in [0.5, 0.6) is 11.5 Å². The quantitative estimate of drug-likeness (QED) is 0.439. The molecular weight excluding hydrogens is 316 g/mol. The molecule has 0 spiro atoms. The molecule has 1 aromatic carbocycles. The molecule has 0 saturated heterocycles. The molecule has 0 bridgehead atoms. The van der Waals surface area contributed by atoms with Crippen molar-refractivity contribution in [1.29, 1.82) is 0 Å². The van der Waals surface area contributed by atoms with Gasteiger partial charge in [-0.2, -0.15) is 5.10 Å². The van der Waals surface area contributed by atoms with Gasteiger partial charge in [0.25, 0.3) is 5.91 Å². The molecule has 0 aliphatic heterocycles. The average molecular weight is 338 g/mol. The monoisotopic (exact) mass is 338 g/mol.